The zero-order valence-corrected chi connectivity index (χ0v) is 15.6. The van der Waals surface area contributed by atoms with Gasteiger partial charge in [-0.2, -0.15) is 5.26 Å². The topological polar surface area (TPSA) is 80.8 Å². The quantitative estimate of drug-likeness (QED) is 0.461. The molecule has 2 aromatic carbocycles. The Bertz CT molecular complexity index is 946. The van der Waals surface area contributed by atoms with E-state index >= 15 is 0 Å². The van der Waals surface area contributed by atoms with Crippen molar-refractivity contribution in [3.8, 4) is 17.5 Å². The number of hydrogen-bond donors (Lipinski definition) is 0. The van der Waals surface area contributed by atoms with Crippen LogP contribution >= 0.6 is 11.8 Å². The highest BCUT2D eigenvalue weighted by Gasteiger charge is 2.14. The number of thioether (sulfide) groups is 1. The van der Waals surface area contributed by atoms with Gasteiger partial charge in [-0.3, -0.25) is 4.79 Å². The van der Waals surface area contributed by atoms with Crippen LogP contribution in [0.2, 0.25) is 0 Å². The van der Waals surface area contributed by atoms with E-state index in [1.165, 1.54) is 11.8 Å². The van der Waals surface area contributed by atoms with Crippen molar-refractivity contribution in [3.05, 3.63) is 65.7 Å². The first kappa shape index (κ1) is 18.7. The first-order valence-corrected chi connectivity index (χ1v) is 9.46. The summed E-state index contributed by atoms with van der Waals surface area (Å²) < 4.78 is 7.27. The van der Waals surface area contributed by atoms with Gasteiger partial charge in [0.1, 0.15) is 6.61 Å². The van der Waals surface area contributed by atoms with Crippen molar-refractivity contribution in [2.75, 3.05) is 5.75 Å². The van der Waals surface area contributed by atoms with Crippen molar-refractivity contribution in [2.45, 2.75) is 25.2 Å². The van der Waals surface area contributed by atoms with Crippen LogP contribution in [-0.4, -0.2) is 26.5 Å². The van der Waals surface area contributed by atoms with E-state index in [1.807, 2.05) is 41.8 Å². The van der Waals surface area contributed by atoms with Crippen LogP contribution in [0.25, 0.3) is 11.4 Å². The summed E-state index contributed by atoms with van der Waals surface area (Å²) in [4.78, 5) is 12.0. The third-order valence-corrected chi connectivity index (χ3v) is 4.81. The minimum atomic E-state index is -0.323. The zero-order valence-electron chi connectivity index (χ0n) is 14.8. The van der Waals surface area contributed by atoms with Gasteiger partial charge in [0.25, 0.3) is 0 Å². The van der Waals surface area contributed by atoms with Crippen LogP contribution in [0.15, 0.2) is 59.8 Å². The highest BCUT2D eigenvalue weighted by Crippen LogP contribution is 2.23. The van der Waals surface area contributed by atoms with Crippen molar-refractivity contribution < 1.29 is 9.53 Å². The third kappa shape index (κ3) is 4.74. The number of nitriles is 1. The third-order valence-electron chi connectivity index (χ3n) is 3.87. The minimum absolute atomic E-state index is 0.156. The largest absolute Gasteiger partial charge is 0.460 e. The molecule has 0 aliphatic carbocycles. The normalized spacial score (nSPS) is 10.4. The Morgan fingerprint density at radius 3 is 2.56 bits per heavy atom. The summed E-state index contributed by atoms with van der Waals surface area (Å²) in [6.45, 7) is 2.91. The van der Waals surface area contributed by atoms with Gasteiger partial charge >= 0.3 is 5.97 Å². The number of carbonyl (C=O) groups excluding carboxylic acids is 1. The molecule has 1 aromatic heterocycles. The summed E-state index contributed by atoms with van der Waals surface area (Å²) in [7, 11) is 0. The lowest BCUT2D eigenvalue weighted by Crippen LogP contribution is -2.08. The van der Waals surface area contributed by atoms with Crippen molar-refractivity contribution in [2.24, 2.45) is 0 Å². The molecule has 1 heterocycles. The number of rotatable bonds is 7. The van der Waals surface area contributed by atoms with Crippen molar-refractivity contribution >= 4 is 17.7 Å². The Labute approximate surface area is 161 Å². The summed E-state index contributed by atoms with van der Waals surface area (Å²) in [6.07, 6.45) is 0. The number of benzene rings is 2. The molecule has 0 amide bonds. The molecule has 0 radical (unpaired) electrons. The lowest BCUT2D eigenvalue weighted by molar-refractivity contribution is -0.141. The number of nitrogens with zero attached hydrogens (tertiary/aromatic N) is 4. The molecule has 27 heavy (non-hydrogen) atoms. The van der Waals surface area contributed by atoms with Gasteiger partial charge in [-0.25, -0.2) is 0 Å². The fraction of sp³-hybridized carbons (Fsp3) is 0.200. The van der Waals surface area contributed by atoms with Crippen molar-refractivity contribution in [1.29, 1.82) is 5.26 Å². The summed E-state index contributed by atoms with van der Waals surface area (Å²) >= 11 is 1.31. The van der Waals surface area contributed by atoms with Gasteiger partial charge in [-0.1, -0.05) is 54.2 Å². The lowest BCUT2D eigenvalue weighted by atomic mass is 10.2. The fourth-order valence-corrected chi connectivity index (χ4v) is 3.29. The van der Waals surface area contributed by atoms with Gasteiger partial charge in [-0.15, -0.1) is 10.2 Å². The molecule has 0 unspecified atom stereocenters. The minimum Gasteiger partial charge on any atom is -0.460 e. The average molecular weight is 378 g/mol. The Morgan fingerprint density at radius 1 is 1.15 bits per heavy atom. The molecule has 3 aromatic rings. The average Bonchev–Trinajstić information content (AvgIpc) is 3.14. The molecule has 136 valence electrons. The summed E-state index contributed by atoms with van der Waals surface area (Å²) in [5.74, 6) is 0.617. The maximum atomic E-state index is 12.0. The smallest absolute Gasteiger partial charge is 0.316 e. The van der Waals surface area contributed by atoms with Gasteiger partial charge in [0, 0.05) is 12.1 Å². The summed E-state index contributed by atoms with van der Waals surface area (Å²) in [5, 5.41) is 17.9. The molecule has 0 fully saturated rings. The predicted molar refractivity (Wildman–Crippen MR) is 103 cm³/mol. The number of aromatic nitrogens is 3. The van der Waals surface area contributed by atoms with E-state index in [1.54, 1.807) is 24.3 Å². The molecule has 0 aliphatic rings. The van der Waals surface area contributed by atoms with E-state index in [-0.39, 0.29) is 18.3 Å². The SMILES string of the molecule is CCn1c(SCC(=O)OCc2ccc(C#N)cc2)nnc1-c1ccccc1. The first-order valence-electron chi connectivity index (χ1n) is 8.47. The van der Waals surface area contributed by atoms with Gasteiger partial charge in [0.2, 0.25) is 0 Å². The second-order valence-corrected chi connectivity index (χ2v) is 6.62. The summed E-state index contributed by atoms with van der Waals surface area (Å²) in [5.41, 5.74) is 2.41. The van der Waals surface area contributed by atoms with E-state index in [9.17, 15) is 4.79 Å². The van der Waals surface area contributed by atoms with Crippen molar-refractivity contribution in [3.63, 3.8) is 0 Å². The molecule has 0 saturated heterocycles. The molecule has 0 saturated carbocycles. The number of hydrogen-bond acceptors (Lipinski definition) is 6. The molecule has 0 bridgehead atoms. The first-order chi connectivity index (χ1) is 13.2. The van der Waals surface area contributed by atoms with Gasteiger partial charge < -0.3 is 9.30 Å². The Kier molecular flexibility index (Phi) is 6.23. The molecule has 7 heteroatoms. The monoisotopic (exact) mass is 378 g/mol. The van der Waals surface area contributed by atoms with Gasteiger partial charge in [0.15, 0.2) is 11.0 Å². The maximum absolute atomic E-state index is 12.0. The van der Waals surface area contributed by atoms with Gasteiger partial charge in [-0.05, 0) is 24.6 Å². The number of esters is 1. The van der Waals surface area contributed by atoms with E-state index in [2.05, 4.69) is 16.3 Å². The van der Waals surface area contributed by atoms with Gasteiger partial charge in [0.05, 0.1) is 17.4 Å². The van der Waals surface area contributed by atoms with Crippen LogP contribution in [0.4, 0.5) is 0 Å². The van der Waals surface area contributed by atoms with Crippen LogP contribution < -0.4 is 0 Å². The Morgan fingerprint density at radius 2 is 1.89 bits per heavy atom. The van der Waals surface area contributed by atoms with Crippen LogP contribution in [0.5, 0.6) is 0 Å². The standard InChI is InChI=1S/C20H18N4O2S/c1-2-24-19(17-6-4-3-5-7-17)22-23-20(24)27-14-18(25)26-13-16-10-8-15(12-21)9-11-16/h3-11H,2,13-14H2,1H3. The number of carbonyl (C=O) groups is 1. The van der Waals surface area contributed by atoms with Crippen LogP contribution in [0.3, 0.4) is 0 Å². The second kappa shape index (κ2) is 9.01. The summed E-state index contributed by atoms with van der Waals surface area (Å²) in [6, 6.07) is 18.8. The molecule has 0 atom stereocenters. The highest BCUT2D eigenvalue weighted by atomic mass is 32.2. The predicted octanol–water partition coefficient (Wildman–Crippen LogP) is 3.67. The van der Waals surface area contributed by atoms with E-state index in [4.69, 9.17) is 10.00 Å². The van der Waals surface area contributed by atoms with Crippen LogP contribution in [0.1, 0.15) is 18.1 Å². The molecule has 3 rings (SSSR count). The van der Waals surface area contributed by atoms with E-state index < -0.39 is 0 Å². The zero-order chi connectivity index (χ0) is 19.1. The lowest BCUT2D eigenvalue weighted by Gasteiger charge is -2.07. The van der Waals surface area contributed by atoms with E-state index in [0.29, 0.717) is 17.3 Å². The second-order valence-electron chi connectivity index (χ2n) is 5.67. The van der Waals surface area contributed by atoms with E-state index in [0.717, 1.165) is 17.0 Å². The van der Waals surface area contributed by atoms with Crippen LogP contribution in [0, 0.1) is 11.3 Å². The van der Waals surface area contributed by atoms with Crippen LogP contribution in [-0.2, 0) is 22.7 Å². The fourth-order valence-electron chi connectivity index (χ4n) is 2.49. The maximum Gasteiger partial charge on any atom is 0.316 e. The molecule has 0 N–H and O–H groups in total. The molecular weight excluding hydrogens is 360 g/mol. The molecule has 6 nitrogen and oxygen atoms in total. The Hall–Kier alpha value is -3.11. The highest BCUT2D eigenvalue weighted by molar-refractivity contribution is 7.99. The molecule has 0 spiro atoms. The Balaban J connectivity index is 1.57. The molecular formula is C20H18N4O2S. The number of ether oxygens (including phenoxy) is 1. The molecule has 0 aliphatic heterocycles. The van der Waals surface area contributed by atoms with Crippen molar-refractivity contribution in [1.82, 2.24) is 14.8 Å².